The molecule has 1 saturated heterocycles. The van der Waals surface area contributed by atoms with Gasteiger partial charge in [-0.05, 0) is 43.9 Å². The second kappa shape index (κ2) is 8.38. The second-order valence-corrected chi connectivity index (χ2v) is 9.39. The normalized spacial score (nSPS) is 17.0. The van der Waals surface area contributed by atoms with E-state index in [4.69, 9.17) is 0 Å². The molecule has 0 aromatic heterocycles. The fourth-order valence-corrected chi connectivity index (χ4v) is 4.97. The third-order valence-electron chi connectivity index (χ3n) is 5.32. The van der Waals surface area contributed by atoms with E-state index in [0.717, 1.165) is 18.9 Å². The highest BCUT2D eigenvalue weighted by atomic mass is 32.2. The zero-order valence-electron chi connectivity index (χ0n) is 16.4. The summed E-state index contributed by atoms with van der Waals surface area (Å²) in [5.41, 5.74) is 0.455. The molecule has 2 N–H and O–H groups in total. The number of piperidine rings is 1. The van der Waals surface area contributed by atoms with Crippen molar-refractivity contribution in [3.63, 3.8) is 0 Å². The van der Waals surface area contributed by atoms with E-state index < -0.39 is 21.0 Å². The van der Waals surface area contributed by atoms with Crippen molar-refractivity contribution >= 4 is 21.4 Å². The summed E-state index contributed by atoms with van der Waals surface area (Å²) in [4.78, 5) is 10.9. The summed E-state index contributed by atoms with van der Waals surface area (Å²) in [6.45, 7) is 4.68. The quantitative estimate of drug-likeness (QED) is 0.542. The number of nitro benzene ring substituents is 1. The highest BCUT2D eigenvalue weighted by molar-refractivity contribution is 7.89. The molecule has 1 heterocycles. The average molecular weight is 420 g/mol. The van der Waals surface area contributed by atoms with E-state index in [2.05, 4.69) is 12.2 Å². The van der Waals surface area contributed by atoms with Crippen molar-refractivity contribution in [2.75, 3.05) is 18.4 Å². The Morgan fingerprint density at radius 2 is 1.86 bits per heavy atom. The fraction of sp³-hybridized carbons (Fsp3) is 0.400. The van der Waals surface area contributed by atoms with Gasteiger partial charge >= 0.3 is 0 Å². The number of nitro groups is 1. The van der Waals surface area contributed by atoms with Crippen LogP contribution in [0.2, 0.25) is 0 Å². The van der Waals surface area contributed by atoms with Gasteiger partial charge in [-0.1, -0.05) is 25.1 Å². The van der Waals surface area contributed by atoms with Crippen LogP contribution in [0.3, 0.4) is 0 Å². The molecular formula is C20H25N3O5S. The Balaban J connectivity index is 1.89. The number of hydrogen-bond donors (Lipinski definition) is 2. The zero-order valence-corrected chi connectivity index (χ0v) is 17.2. The van der Waals surface area contributed by atoms with Crippen LogP contribution in [0.5, 0.6) is 5.75 Å². The van der Waals surface area contributed by atoms with E-state index in [1.807, 2.05) is 0 Å². The summed E-state index contributed by atoms with van der Waals surface area (Å²) in [5, 5.41) is 24.6. The molecule has 156 valence electrons. The molecule has 2 aromatic carbocycles. The number of phenolic OH excluding ortho intramolecular Hbond substituents is 1. The molecule has 8 nitrogen and oxygen atoms in total. The maximum Gasteiger partial charge on any atom is 0.293 e. The predicted octanol–water partition coefficient (Wildman–Crippen LogP) is 3.89. The van der Waals surface area contributed by atoms with Gasteiger partial charge in [0, 0.05) is 24.7 Å². The monoisotopic (exact) mass is 419 g/mol. The van der Waals surface area contributed by atoms with Crippen molar-refractivity contribution in [2.24, 2.45) is 5.92 Å². The van der Waals surface area contributed by atoms with Crippen LogP contribution >= 0.6 is 0 Å². The van der Waals surface area contributed by atoms with Crippen LogP contribution in [0.25, 0.3) is 0 Å². The predicted molar refractivity (Wildman–Crippen MR) is 110 cm³/mol. The Hall–Kier alpha value is -2.65. The minimum absolute atomic E-state index is 0.0775. The Bertz CT molecular complexity index is 1000. The van der Waals surface area contributed by atoms with Gasteiger partial charge in [-0.25, -0.2) is 8.42 Å². The molecule has 0 amide bonds. The van der Waals surface area contributed by atoms with Crippen molar-refractivity contribution < 1.29 is 18.4 Å². The number of nitrogens with zero attached hydrogens (tertiary/aromatic N) is 2. The van der Waals surface area contributed by atoms with E-state index in [1.165, 1.54) is 22.5 Å². The largest absolute Gasteiger partial charge is 0.508 e. The van der Waals surface area contributed by atoms with Crippen LogP contribution in [0.4, 0.5) is 11.4 Å². The summed E-state index contributed by atoms with van der Waals surface area (Å²) in [6, 6.07) is 10.2. The summed E-state index contributed by atoms with van der Waals surface area (Å²) in [5.74, 6) is 0.548. The molecule has 29 heavy (non-hydrogen) atoms. The minimum atomic E-state index is -3.78. The first-order valence-corrected chi connectivity index (χ1v) is 11.0. The van der Waals surface area contributed by atoms with Gasteiger partial charge in [-0.2, -0.15) is 4.31 Å². The molecule has 1 aliphatic heterocycles. The smallest absolute Gasteiger partial charge is 0.293 e. The number of nitrogens with one attached hydrogen (secondary N) is 1. The zero-order chi connectivity index (χ0) is 21.2. The highest BCUT2D eigenvalue weighted by Crippen LogP contribution is 2.34. The van der Waals surface area contributed by atoms with Crippen LogP contribution in [0.15, 0.2) is 47.4 Å². The first-order valence-electron chi connectivity index (χ1n) is 9.53. The average Bonchev–Trinajstić information content (AvgIpc) is 2.68. The summed E-state index contributed by atoms with van der Waals surface area (Å²) >= 11 is 0. The molecule has 0 aliphatic carbocycles. The molecule has 1 aliphatic rings. The van der Waals surface area contributed by atoms with Gasteiger partial charge in [-0.3, -0.25) is 10.1 Å². The third kappa shape index (κ3) is 4.51. The lowest BCUT2D eigenvalue weighted by molar-refractivity contribution is -0.384. The number of aromatic hydroxyl groups is 1. The first kappa shape index (κ1) is 21.1. The Morgan fingerprint density at radius 1 is 1.21 bits per heavy atom. The van der Waals surface area contributed by atoms with Gasteiger partial charge in [0.2, 0.25) is 10.0 Å². The van der Waals surface area contributed by atoms with E-state index >= 15 is 0 Å². The second-order valence-electron chi connectivity index (χ2n) is 7.45. The molecule has 1 fully saturated rings. The molecule has 2 aromatic rings. The fourth-order valence-electron chi connectivity index (χ4n) is 3.48. The molecule has 9 heteroatoms. The van der Waals surface area contributed by atoms with E-state index in [1.54, 1.807) is 25.1 Å². The van der Waals surface area contributed by atoms with Crippen LogP contribution in [0.1, 0.15) is 38.3 Å². The summed E-state index contributed by atoms with van der Waals surface area (Å²) in [6.07, 6.45) is 1.55. The van der Waals surface area contributed by atoms with Crippen molar-refractivity contribution in [3.05, 3.63) is 58.1 Å². The van der Waals surface area contributed by atoms with Gasteiger partial charge in [0.15, 0.2) is 0 Å². The highest BCUT2D eigenvalue weighted by Gasteiger charge is 2.30. The molecule has 0 unspecified atom stereocenters. The van der Waals surface area contributed by atoms with Crippen molar-refractivity contribution in [1.29, 1.82) is 0 Å². The van der Waals surface area contributed by atoms with Gasteiger partial charge in [-0.15, -0.1) is 0 Å². The number of phenols is 1. The molecule has 0 spiro atoms. The molecule has 0 saturated carbocycles. The number of sulfonamides is 1. The molecule has 1 atom stereocenters. The molecule has 3 rings (SSSR count). The SMILES string of the molecule is CC1CCN(S(=O)(=O)c2ccc(N[C@@H](C)c3ccccc3O)c([N+](=O)[O-])c2)CC1. The van der Waals surface area contributed by atoms with E-state index in [0.29, 0.717) is 24.6 Å². The van der Waals surface area contributed by atoms with Crippen LogP contribution in [0, 0.1) is 16.0 Å². The van der Waals surface area contributed by atoms with Crippen LogP contribution < -0.4 is 5.32 Å². The maximum absolute atomic E-state index is 12.9. The van der Waals surface area contributed by atoms with Gasteiger partial charge in [0.25, 0.3) is 5.69 Å². The molecule has 0 radical (unpaired) electrons. The van der Waals surface area contributed by atoms with E-state index in [9.17, 15) is 23.6 Å². The number of anilines is 1. The summed E-state index contributed by atoms with van der Waals surface area (Å²) < 4.78 is 27.2. The maximum atomic E-state index is 12.9. The van der Waals surface area contributed by atoms with Gasteiger partial charge in [0.05, 0.1) is 15.9 Å². The molecule has 0 bridgehead atoms. The van der Waals surface area contributed by atoms with Crippen molar-refractivity contribution in [3.8, 4) is 5.75 Å². The number of para-hydroxylation sites is 1. The number of benzene rings is 2. The number of rotatable bonds is 6. The Morgan fingerprint density at radius 3 is 2.48 bits per heavy atom. The minimum Gasteiger partial charge on any atom is -0.508 e. The van der Waals surface area contributed by atoms with E-state index in [-0.39, 0.29) is 22.0 Å². The van der Waals surface area contributed by atoms with Crippen LogP contribution in [-0.4, -0.2) is 35.8 Å². The first-order chi connectivity index (χ1) is 13.7. The molecular weight excluding hydrogens is 394 g/mol. The van der Waals surface area contributed by atoms with Crippen molar-refractivity contribution in [2.45, 2.75) is 37.6 Å². The van der Waals surface area contributed by atoms with Gasteiger partial charge < -0.3 is 10.4 Å². The third-order valence-corrected chi connectivity index (χ3v) is 7.22. The Kier molecular flexibility index (Phi) is 6.09. The topological polar surface area (TPSA) is 113 Å². The Labute approximate surface area is 170 Å². The van der Waals surface area contributed by atoms with Crippen molar-refractivity contribution in [1.82, 2.24) is 4.31 Å². The van der Waals surface area contributed by atoms with Crippen LogP contribution in [-0.2, 0) is 10.0 Å². The summed E-state index contributed by atoms with van der Waals surface area (Å²) in [7, 11) is -3.78. The lowest BCUT2D eigenvalue weighted by atomic mass is 10.0. The standard InChI is InChI=1S/C20H25N3O5S/c1-14-9-11-22(12-10-14)29(27,28)16-7-8-18(19(13-16)23(25)26)21-15(2)17-5-3-4-6-20(17)24/h3-8,13-15,21,24H,9-12H2,1-2H3/t15-/m0/s1. The lowest BCUT2D eigenvalue weighted by Crippen LogP contribution is -2.37. The lowest BCUT2D eigenvalue weighted by Gasteiger charge is -2.29. The van der Waals surface area contributed by atoms with Gasteiger partial charge in [0.1, 0.15) is 11.4 Å². The number of hydrogen-bond acceptors (Lipinski definition) is 6.